The van der Waals surface area contributed by atoms with Gasteiger partial charge in [0.05, 0.1) is 0 Å². The molecule has 1 heterocycles. The molecule has 0 amide bonds. The van der Waals surface area contributed by atoms with Gasteiger partial charge in [-0.3, -0.25) is 0 Å². The summed E-state index contributed by atoms with van der Waals surface area (Å²) in [5, 5.41) is 2.72. The van der Waals surface area contributed by atoms with E-state index in [2.05, 4.69) is 11.1 Å². The van der Waals surface area contributed by atoms with Crippen LogP contribution in [-0.2, 0) is 11.2 Å². The van der Waals surface area contributed by atoms with Crippen molar-refractivity contribution < 1.29 is 4.79 Å². The lowest BCUT2D eigenvalue weighted by Crippen LogP contribution is -1.71. The number of hydrogen-bond acceptors (Lipinski definition) is 3. The summed E-state index contributed by atoms with van der Waals surface area (Å²) in [7, 11) is 0. The number of hydrogen-bond donors (Lipinski definition) is 0. The summed E-state index contributed by atoms with van der Waals surface area (Å²) >= 11 is 1.46. The minimum absolute atomic E-state index is 0.726. The number of carbonyl (C=O) groups excluding carboxylic acids is 1. The molecule has 0 radical (unpaired) electrons. The van der Waals surface area contributed by atoms with Crippen molar-refractivity contribution in [1.29, 1.82) is 0 Å². The van der Waals surface area contributed by atoms with Crippen molar-refractivity contribution in [2.75, 3.05) is 0 Å². The molecule has 0 saturated carbocycles. The summed E-state index contributed by atoms with van der Waals surface area (Å²) in [4.78, 5) is 13.4. The van der Waals surface area contributed by atoms with Crippen molar-refractivity contribution in [2.45, 2.75) is 13.3 Å². The van der Waals surface area contributed by atoms with Gasteiger partial charge in [-0.15, -0.1) is 11.3 Å². The van der Waals surface area contributed by atoms with Crippen LogP contribution in [-0.4, -0.2) is 6.08 Å². The molecule has 0 aliphatic heterocycles. The van der Waals surface area contributed by atoms with E-state index in [4.69, 9.17) is 0 Å². The van der Waals surface area contributed by atoms with Gasteiger partial charge in [0.25, 0.3) is 0 Å². The molecule has 0 bridgehead atoms. The zero-order valence-corrected chi connectivity index (χ0v) is 7.60. The van der Waals surface area contributed by atoms with Gasteiger partial charge in [0.2, 0.25) is 6.08 Å². The lowest BCUT2D eigenvalue weighted by molar-refractivity contribution is 0.565. The minimum atomic E-state index is 0.726. The quantitative estimate of drug-likeness (QED) is 0.398. The summed E-state index contributed by atoms with van der Waals surface area (Å²) in [5.41, 5.74) is 1.19. The maximum absolute atomic E-state index is 9.90. The van der Waals surface area contributed by atoms with Gasteiger partial charge in [-0.05, 0) is 30.4 Å². The van der Waals surface area contributed by atoms with E-state index in [1.54, 1.807) is 0 Å². The van der Waals surface area contributed by atoms with E-state index in [9.17, 15) is 4.79 Å². The van der Waals surface area contributed by atoms with Gasteiger partial charge < -0.3 is 0 Å². The third-order valence-electron chi connectivity index (χ3n) is 1.39. The lowest BCUT2D eigenvalue weighted by atomic mass is 10.2. The smallest absolute Gasteiger partial charge is 0.211 e. The molecular formula is C9H9NOS. The van der Waals surface area contributed by atoms with Crippen LogP contribution < -0.4 is 0 Å². The number of allylic oxidation sites excluding steroid dienone is 2. The fourth-order valence-corrected chi connectivity index (χ4v) is 1.57. The van der Waals surface area contributed by atoms with Crippen LogP contribution >= 0.6 is 11.3 Å². The SMILES string of the molecule is CC=CCc1csc(N=C=O)c1. The Kier molecular flexibility index (Phi) is 3.45. The zero-order valence-electron chi connectivity index (χ0n) is 6.78. The molecule has 0 aliphatic carbocycles. The van der Waals surface area contributed by atoms with Gasteiger partial charge in [-0.1, -0.05) is 12.2 Å². The second-order valence-electron chi connectivity index (χ2n) is 2.27. The minimum Gasteiger partial charge on any atom is -0.211 e. The lowest BCUT2D eigenvalue weighted by Gasteiger charge is -1.84. The van der Waals surface area contributed by atoms with Crippen molar-refractivity contribution >= 4 is 22.4 Å². The molecule has 0 fully saturated rings. The van der Waals surface area contributed by atoms with Crippen LogP contribution in [0.1, 0.15) is 12.5 Å². The summed E-state index contributed by atoms with van der Waals surface area (Å²) in [6, 6.07) is 1.90. The highest BCUT2D eigenvalue weighted by atomic mass is 32.1. The van der Waals surface area contributed by atoms with E-state index >= 15 is 0 Å². The molecule has 1 aromatic rings. The monoisotopic (exact) mass is 179 g/mol. The molecule has 1 aromatic heterocycles. The molecule has 0 aromatic carbocycles. The predicted molar refractivity (Wildman–Crippen MR) is 50.6 cm³/mol. The van der Waals surface area contributed by atoms with E-state index in [1.165, 1.54) is 23.0 Å². The molecule has 1 rings (SSSR count). The first-order chi connectivity index (χ1) is 5.86. The molecule has 0 unspecified atom stereocenters. The maximum atomic E-state index is 9.90. The van der Waals surface area contributed by atoms with Crippen LogP contribution in [0.15, 0.2) is 28.6 Å². The second-order valence-corrected chi connectivity index (χ2v) is 3.16. The van der Waals surface area contributed by atoms with Crippen LogP contribution in [0.4, 0.5) is 5.00 Å². The Hall–Kier alpha value is -1.18. The van der Waals surface area contributed by atoms with Crippen LogP contribution in [0, 0.1) is 0 Å². The first-order valence-corrected chi connectivity index (χ1v) is 4.51. The number of nitrogens with zero attached hydrogens (tertiary/aromatic N) is 1. The van der Waals surface area contributed by atoms with E-state index in [-0.39, 0.29) is 0 Å². The Morgan fingerprint density at radius 3 is 3.25 bits per heavy atom. The van der Waals surface area contributed by atoms with Crippen LogP contribution in [0.25, 0.3) is 0 Å². The van der Waals surface area contributed by atoms with E-state index in [0.29, 0.717) is 0 Å². The van der Waals surface area contributed by atoms with Crippen molar-refractivity contribution in [2.24, 2.45) is 4.99 Å². The second kappa shape index (κ2) is 4.65. The standard InChI is InChI=1S/C9H9NOS/c1-2-3-4-8-5-9(10-7-11)12-6-8/h2-3,5-6H,4H2,1H3. The molecule has 0 spiro atoms. The Morgan fingerprint density at radius 1 is 1.75 bits per heavy atom. The number of isocyanates is 1. The van der Waals surface area contributed by atoms with Crippen molar-refractivity contribution in [3.05, 3.63) is 29.2 Å². The molecule has 62 valence electrons. The normalized spacial score (nSPS) is 10.1. The van der Waals surface area contributed by atoms with E-state index < -0.39 is 0 Å². The van der Waals surface area contributed by atoms with Crippen LogP contribution in [0.3, 0.4) is 0 Å². The number of aliphatic imine (C=N–C) groups is 1. The highest BCUT2D eigenvalue weighted by Crippen LogP contribution is 2.23. The topological polar surface area (TPSA) is 29.4 Å². The maximum Gasteiger partial charge on any atom is 0.241 e. The largest absolute Gasteiger partial charge is 0.241 e. The number of rotatable bonds is 3. The van der Waals surface area contributed by atoms with Gasteiger partial charge in [-0.2, -0.15) is 4.99 Å². The summed E-state index contributed by atoms with van der Waals surface area (Å²) in [6.45, 7) is 1.98. The fourth-order valence-electron chi connectivity index (χ4n) is 0.827. The molecule has 3 heteroatoms. The molecule has 12 heavy (non-hydrogen) atoms. The van der Waals surface area contributed by atoms with Crippen molar-refractivity contribution in [1.82, 2.24) is 0 Å². The highest BCUT2D eigenvalue weighted by Gasteiger charge is 1.95. The third kappa shape index (κ3) is 2.46. The summed E-state index contributed by atoms with van der Waals surface area (Å²) in [6.07, 6.45) is 6.49. The first-order valence-electron chi connectivity index (χ1n) is 3.63. The molecule has 0 N–H and O–H groups in total. The van der Waals surface area contributed by atoms with Gasteiger partial charge in [0.1, 0.15) is 5.00 Å². The average Bonchev–Trinajstić information content (AvgIpc) is 2.50. The average molecular weight is 179 g/mol. The molecule has 0 aliphatic rings. The first kappa shape index (κ1) is 8.91. The van der Waals surface area contributed by atoms with Crippen LogP contribution in [0.5, 0.6) is 0 Å². The van der Waals surface area contributed by atoms with Gasteiger partial charge >= 0.3 is 0 Å². The van der Waals surface area contributed by atoms with Gasteiger partial charge in [-0.25, -0.2) is 4.79 Å². The molecule has 2 nitrogen and oxygen atoms in total. The van der Waals surface area contributed by atoms with Gasteiger partial charge in [0.15, 0.2) is 0 Å². The number of thiophene rings is 1. The fraction of sp³-hybridized carbons (Fsp3) is 0.222. The Labute approximate surface area is 75.3 Å². The molecular weight excluding hydrogens is 170 g/mol. The van der Waals surface area contributed by atoms with Gasteiger partial charge in [0, 0.05) is 0 Å². The highest BCUT2D eigenvalue weighted by molar-refractivity contribution is 7.14. The van der Waals surface area contributed by atoms with E-state index in [1.807, 2.05) is 24.4 Å². The Morgan fingerprint density at radius 2 is 2.58 bits per heavy atom. The summed E-state index contributed by atoms with van der Waals surface area (Å²) < 4.78 is 0. The third-order valence-corrected chi connectivity index (χ3v) is 2.26. The Bertz CT molecular complexity index is 321. The summed E-state index contributed by atoms with van der Waals surface area (Å²) in [5.74, 6) is 0. The predicted octanol–water partition coefficient (Wildman–Crippen LogP) is 2.83. The van der Waals surface area contributed by atoms with Crippen molar-refractivity contribution in [3.63, 3.8) is 0 Å². The molecule has 0 atom stereocenters. The molecule has 0 saturated heterocycles. The van der Waals surface area contributed by atoms with Crippen molar-refractivity contribution in [3.8, 4) is 0 Å². The zero-order chi connectivity index (χ0) is 8.81. The Balaban J connectivity index is 2.70. The van der Waals surface area contributed by atoms with E-state index in [0.717, 1.165) is 11.4 Å². The van der Waals surface area contributed by atoms with Crippen LogP contribution in [0.2, 0.25) is 0 Å².